The lowest BCUT2D eigenvalue weighted by molar-refractivity contribution is -0.136. The van der Waals surface area contributed by atoms with Crippen molar-refractivity contribution in [1.29, 1.82) is 0 Å². The summed E-state index contributed by atoms with van der Waals surface area (Å²) < 4.78 is 11.5. The number of hydrogen-bond acceptors (Lipinski definition) is 7. The van der Waals surface area contributed by atoms with Crippen LogP contribution in [-0.2, 0) is 22.6 Å². The predicted molar refractivity (Wildman–Crippen MR) is 96.6 cm³/mol. The van der Waals surface area contributed by atoms with E-state index in [1.165, 1.54) is 4.88 Å². The van der Waals surface area contributed by atoms with Crippen LogP contribution < -0.4 is 0 Å². The minimum absolute atomic E-state index is 0.152. The van der Waals surface area contributed by atoms with Crippen LogP contribution >= 0.6 is 11.3 Å². The molecule has 0 bridgehead atoms. The highest BCUT2D eigenvalue weighted by atomic mass is 32.1. The molecule has 0 unspecified atom stereocenters. The summed E-state index contributed by atoms with van der Waals surface area (Å²) >= 11 is 1.69. The Bertz CT molecular complexity index is 737. The van der Waals surface area contributed by atoms with E-state index in [-0.39, 0.29) is 11.5 Å². The van der Waals surface area contributed by atoms with Gasteiger partial charge in [0, 0.05) is 44.2 Å². The Morgan fingerprint density at radius 2 is 2.12 bits per heavy atom. The van der Waals surface area contributed by atoms with Crippen molar-refractivity contribution in [2.75, 3.05) is 26.2 Å². The van der Waals surface area contributed by atoms with E-state index in [9.17, 15) is 4.79 Å². The number of nitrogens with zero attached hydrogens (tertiary/aromatic N) is 4. The first-order valence-corrected chi connectivity index (χ1v) is 9.92. The van der Waals surface area contributed by atoms with Gasteiger partial charge in [-0.3, -0.25) is 14.7 Å². The molecule has 0 aliphatic carbocycles. The summed E-state index contributed by atoms with van der Waals surface area (Å²) in [5, 5.41) is 0. The van der Waals surface area contributed by atoms with Crippen LogP contribution in [0.1, 0.15) is 35.7 Å². The van der Waals surface area contributed by atoms with Crippen molar-refractivity contribution in [3.05, 3.63) is 34.4 Å². The largest absolute Gasteiger partial charge is 0.449 e. The van der Waals surface area contributed by atoms with Gasteiger partial charge in [0.15, 0.2) is 5.89 Å². The van der Waals surface area contributed by atoms with Gasteiger partial charge in [-0.1, -0.05) is 0 Å². The van der Waals surface area contributed by atoms with Crippen molar-refractivity contribution in [3.8, 4) is 0 Å². The van der Waals surface area contributed by atoms with E-state index < -0.39 is 0 Å². The third kappa shape index (κ3) is 3.97. The van der Waals surface area contributed by atoms with Crippen LogP contribution in [-0.4, -0.2) is 57.5 Å². The standard InChI is InChI=1S/C18H24N4O3S/c1-14-20-15(12-24-14)10-22-6-7-25-18(8-17(22)23)2-4-21(5-3-18)11-16-9-19-13-26-16/h9,12-13H,2-8,10-11H2,1H3. The molecule has 2 aliphatic heterocycles. The monoisotopic (exact) mass is 376 g/mol. The van der Waals surface area contributed by atoms with Gasteiger partial charge in [-0.2, -0.15) is 0 Å². The molecule has 0 N–H and O–H groups in total. The molecule has 140 valence electrons. The molecule has 8 heteroatoms. The fourth-order valence-corrected chi connectivity index (χ4v) is 4.40. The van der Waals surface area contributed by atoms with E-state index in [0.717, 1.165) is 38.2 Å². The lowest BCUT2D eigenvalue weighted by atomic mass is 9.87. The zero-order valence-corrected chi connectivity index (χ0v) is 15.8. The van der Waals surface area contributed by atoms with E-state index in [1.54, 1.807) is 17.6 Å². The minimum Gasteiger partial charge on any atom is -0.449 e. The summed E-state index contributed by atoms with van der Waals surface area (Å²) in [6.07, 6.45) is 5.81. The maximum atomic E-state index is 12.8. The van der Waals surface area contributed by atoms with Crippen LogP contribution in [0.5, 0.6) is 0 Å². The summed E-state index contributed by atoms with van der Waals surface area (Å²) in [6, 6.07) is 0. The Morgan fingerprint density at radius 3 is 2.81 bits per heavy atom. The molecule has 2 saturated heterocycles. The number of aromatic nitrogens is 2. The van der Waals surface area contributed by atoms with Crippen LogP contribution in [0.2, 0.25) is 0 Å². The second-order valence-corrected chi connectivity index (χ2v) is 8.10. The third-order valence-corrected chi connectivity index (χ3v) is 6.01. The maximum Gasteiger partial charge on any atom is 0.225 e. The quantitative estimate of drug-likeness (QED) is 0.815. The average molecular weight is 376 g/mol. The van der Waals surface area contributed by atoms with E-state index in [2.05, 4.69) is 14.9 Å². The average Bonchev–Trinajstić information content (AvgIpc) is 3.25. The molecule has 1 amide bonds. The highest BCUT2D eigenvalue weighted by Gasteiger charge is 2.40. The number of ether oxygens (including phenoxy) is 1. The van der Waals surface area contributed by atoms with E-state index in [4.69, 9.17) is 9.15 Å². The van der Waals surface area contributed by atoms with Gasteiger partial charge in [-0.25, -0.2) is 4.98 Å². The Kier molecular flexibility index (Phi) is 5.06. The summed E-state index contributed by atoms with van der Waals surface area (Å²) in [5.74, 6) is 0.780. The highest BCUT2D eigenvalue weighted by molar-refractivity contribution is 7.09. The van der Waals surface area contributed by atoms with Crippen LogP contribution in [0, 0.1) is 6.92 Å². The molecular weight excluding hydrogens is 352 g/mol. The van der Waals surface area contributed by atoms with E-state index in [0.29, 0.717) is 32.0 Å². The Balaban J connectivity index is 1.34. The number of thiazole rings is 1. The summed E-state index contributed by atoms with van der Waals surface area (Å²) in [7, 11) is 0. The minimum atomic E-state index is -0.310. The number of hydrogen-bond donors (Lipinski definition) is 0. The summed E-state index contributed by atoms with van der Waals surface area (Å²) in [5.41, 5.74) is 2.36. The molecule has 0 aromatic carbocycles. The van der Waals surface area contributed by atoms with Crippen LogP contribution in [0.25, 0.3) is 0 Å². The smallest absolute Gasteiger partial charge is 0.225 e. The Morgan fingerprint density at radius 1 is 1.27 bits per heavy atom. The van der Waals surface area contributed by atoms with E-state index >= 15 is 0 Å². The fourth-order valence-electron chi connectivity index (χ4n) is 3.76. The first-order valence-electron chi connectivity index (χ1n) is 9.04. The van der Waals surface area contributed by atoms with Gasteiger partial charge in [0.1, 0.15) is 6.26 Å². The number of piperidine rings is 1. The maximum absolute atomic E-state index is 12.8. The number of amides is 1. The highest BCUT2D eigenvalue weighted by Crippen LogP contribution is 2.33. The van der Waals surface area contributed by atoms with E-state index in [1.807, 2.05) is 23.5 Å². The van der Waals surface area contributed by atoms with Crippen molar-refractivity contribution in [3.63, 3.8) is 0 Å². The van der Waals surface area contributed by atoms with Crippen molar-refractivity contribution in [2.24, 2.45) is 0 Å². The van der Waals surface area contributed by atoms with Crippen molar-refractivity contribution in [1.82, 2.24) is 19.8 Å². The van der Waals surface area contributed by atoms with Crippen molar-refractivity contribution < 1.29 is 13.9 Å². The van der Waals surface area contributed by atoms with Gasteiger partial charge >= 0.3 is 0 Å². The second kappa shape index (κ2) is 7.46. The number of aryl methyl sites for hydroxylation is 1. The van der Waals surface area contributed by atoms with Crippen LogP contribution in [0.3, 0.4) is 0 Å². The number of oxazole rings is 1. The van der Waals surface area contributed by atoms with Crippen molar-refractivity contribution in [2.45, 2.75) is 44.9 Å². The molecule has 4 heterocycles. The molecule has 2 fully saturated rings. The molecule has 1 spiro atoms. The predicted octanol–water partition coefficient (Wildman–Crippen LogP) is 2.22. The number of likely N-dealkylation sites (tertiary alicyclic amines) is 1. The first-order chi connectivity index (χ1) is 12.6. The molecular formula is C18H24N4O3S. The first kappa shape index (κ1) is 17.6. The fraction of sp³-hybridized carbons (Fsp3) is 0.611. The van der Waals surface area contributed by atoms with Gasteiger partial charge in [-0.05, 0) is 12.8 Å². The molecule has 0 saturated carbocycles. The van der Waals surface area contributed by atoms with Gasteiger partial charge in [0.05, 0.1) is 36.4 Å². The molecule has 26 heavy (non-hydrogen) atoms. The third-order valence-electron chi connectivity index (χ3n) is 5.25. The molecule has 7 nitrogen and oxygen atoms in total. The molecule has 2 aliphatic rings. The lowest BCUT2D eigenvalue weighted by Crippen LogP contribution is -2.46. The molecule has 2 aromatic rings. The Hall–Kier alpha value is -1.77. The SMILES string of the molecule is Cc1nc(CN2CCOC3(CCN(Cc4cncs4)CC3)CC2=O)co1. The van der Waals surface area contributed by atoms with Gasteiger partial charge in [0.2, 0.25) is 5.91 Å². The zero-order chi connectivity index (χ0) is 18.0. The number of rotatable bonds is 4. The number of carbonyl (C=O) groups excluding carboxylic acids is 1. The normalized spacial score (nSPS) is 21.3. The summed E-state index contributed by atoms with van der Waals surface area (Å²) in [6.45, 7) is 6.33. The molecule has 4 rings (SSSR count). The molecule has 0 radical (unpaired) electrons. The van der Waals surface area contributed by atoms with Gasteiger partial charge in [0.25, 0.3) is 0 Å². The lowest BCUT2D eigenvalue weighted by Gasteiger charge is -2.40. The zero-order valence-electron chi connectivity index (χ0n) is 15.0. The van der Waals surface area contributed by atoms with Crippen LogP contribution in [0.15, 0.2) is 22.4 Å². The van der Waals surface area contributed by atoms with Crippen molar-refractivity contribution >= 4 is 17.2 Å². The molecule has 2 aromatic heterocycles. The van der Waals surface area contributed by atoms with Gasteiger partial charge < -0.3 is 14.1 Å². The molecule has 0 atom stereocenters. The van der Waals surface area contributed by atoms with Crippen LogP contribution in [0.4, 0.5) is 0 Å². The van der Waals surface area contributed by atoms with Gasteiger partial charge in [-0.15, -0.1) is 11.3 Å². The topological polar surface area (TPSA) is 71.7 Å². The number of carbonyl (C=O) groups is 1. The second-order valence-electron chi connectivity index (χ2n) is 7.13. The summed E-state index contributed by atoms with van der Waals surface area (Å²) in [4.78, 5) is 26.8. The Labute approximate surface area is 157 Å².